The minimum Gasteiger partial charge on any atom is -0.493 e. The Morgan fingerprint density at radius 3 is 1.77 bits per heavy atom. The van der Waals surface area contributed by atoms with Gasteiger partial charge in [0.1, 0.15) is 18.1 Å². The Hall–Kier alpha value is -6.17. The van der Waals surface area contributed by atoms with E-state index in [1.165, 1.54) is 22.3 Å². The maximum Gasteiger partial charge on any atom is 0.502 e. The molecule has 80 heavy (non-hydrogen) atoms. The molecule has 2 heterocycles. The van der Waals surface area contributed by atoms with Gasteiger partial charge in [0.05, 0.1) is 68.1 Å². The minimum atomic E-state index is -3.21. The van der Waals surface area contributed by atoms with Gasteiger partial charge in [0.25, 0.3) is 0 Å². The van der Waals surface area contributed by atoms with E-state index in [1.54, 1.807) is 14.2 Å². The van der Waals surface area contributed by atoms with Crippen molar-refractivity contribution >= 4 is 31.3 Å². The first-order valence-corrected chi connectivity index (χ1v) is 30.5. The van der Waals surface area contributed by atoms with Gasteiger partial charge in [0, 0.05) is 52.3 Å². The van der Waals surface area contributed by atoms with E-state index in [0.29, 0.717) is 56.0 Å². The Kier molecular flexibility index (Phi) is 16.5. The second-order valence-corrected chi connectivity index (χ2v) is 27.6. The van der Waals surface area contributed by atoms with Crippen molar-refractivity contribution in [1.82, 2.24) is 0 Å². The predicted molar refractivity (Wildman–Crippen MR) is 324 cm³/mol. The fraction of sp³-hybridized carbons (Fsp3) is 0.456. The van der Waals surface area contributed by atoms with Crippen LogP contribution in [-0.2, 0) is 33.8 Å². The first kappa shape index (κ1) is 58.5. The van der Waals surface area contributed by atoms with Crippen molar-refractivity contribution in [2.45, 2.75) is 149 Å². The van der Waals surface area contributed by atoms with Gasteiger partial charge in [0.15, 0.2) is 17.1 Å². The molecule has 0 bridgehead atoms. The lowest BCUT2D eigenvalue weighted by atomic mass is 9.70. The molecular weight excluding hydrogens is 1020 g/mol. The van der Waals surface area contributed by atoms with Crippen molar-refractivity contribution in [3.8, 4) is 51.3 Å². The second-order valence-electron chi connectivity index (χ2n) is 25.1. The van der Waals surface area contributed by atoms with E-state index in [4.69, 9.17) is 41.7 Å². The molecule has 0 saturated carbocycles. The number of nitriles is 1. The monoisotopic (exact) mass is 1100 g/mol. The van der Waals surface area contributed by atoms with Gasteiger partial charge in [-0.1, -0.05) is 68.5 Å². The number of fused-ring (bicyclic) bond motifs is 8. The standard InChI is InChI=1S/C68H84N2O9Si/c1-16-67(17-2)57-42-48(47-20-18-46(45-69)19-21-47)22-31-53(57)60-55-43-58(71-14)59(72-15)44-56(55)62-54(61(60)67)32-33-68(76-62,49-23-27-51(28-24-49)70-35-37-73-38-36-70)50-25-29-52(30-26-50)74-39-40-75-66(12,13)34-41-80(77-63(3,4)5,78-64(6,7)8)79-65(9,10)11/h18-33,42-44H,16-17,34-41H2,1-15H3. The summed E-state index contributed by atoms with van der Waals surface area (Å²) in [4.78, 5) is 2.37. The van der Waals surface area contributed by atoms with Crippen LogP contribution in [0.2, 0.25) is 6.04 Å². The van der Waals surface area contributed by atoms with Crippen LogP contribution in [0.5, 0.6) is 23.0 Å². The molecule has 0 amide bonds. The smallest absolute Gasteiger partial charge is 0.493 e. The lowest BCUT2D eigenvalue weighted by molar-refractivity contribution is -0.0823. The van der Waals surface area contributed by atoms with Crippen molar-refractivity contribution in [1.29, 1.82) is 5.26 Å². The molecule has 6 aromatic rings. The van der Waals surface area contributed by atoms with Crippen LogP contribution >= 0.6 is 0 Å². The summed E-state index contributed by atoms with van der Waals surface area (Å²) >= 11 is 0. The number of morpholine rings is 1. The number of hydrogen-bond acceptors (Lipinski definition) is 11. The molecule has 0 spiro atoms. The van der Waals surface area contributed by atoms with Crippen LogP contribution in [0.4, 0.5) is 5.69 Å². The molecule has 1 saturated heterocycles. The van der Waals surface area contributed by atoms with Crippen molar-refractivity contribution in [3.05, 3.63) is 143 Å². The number of benzene rings is 6. The maximum absolute atomic E-state index is 9.59. The summed E-state index contributed by atoms with van der Waals surface area (Å²) in [6, 6.07) is 38.9. The average Bonchev–Trinajstić information content (AvgIpc) is 3.72. The van der Waals surface area contributed by atoms with Crippen LogP contribution in [0.15, 0.2) is 109 Å². The molecule has 9 rings (SSSR count). The van der Waals surface area contributed by atoms with Crippen LogP contribution in [0, 0.1) is 11.3 Å². The Morgan fingerprint density at radius 2 is 1.23 bits per heavy atom. The Balaban J connectivity index is 1.06. The molecule has 424 valence electrons. The molecule has 6 aromatic carbocycles. The van der Waals surface area contributed by atoms with E-state index >= 15 is 0 Å². The van der Waals surface area contributed by atoms with Gasteiger partial charge in [-0.15, -0.1) is 0 Å². The van der Waals surface area contributed by atoms with Crippen LogP contribution < -0.4 is 23.8 Å². The Labute approximate surface area is 477 Å². The third-order valence-corrected chi connectivity index (χ3v) is 19.2. The molecular formula is C68H84N2O9Si. The first-order chi connectivity index (χ1) is 37.9. The average molecular weight is 1100 g/mol. The van der Waals surface area contributed by atoms with Crippen LogP contribution in [0.3, 0.4) is 0 Å². The molecule has 2 aliphatic heterocycles. The second kappa shape index (κ2) is 22.6. The van der Waals surface area contributed by atoms with Gasteiger partial charge in [-0.3, -0.25) is 0 Å². The molecule has 12 heteroatoms. The highest BCUT2D eigenvalue weighted by molar-refractivity contribution is 6.61. The fourth-order valence-corrected chi connectivity index (χ4v) is 16.2. The summed E-state index contributed by atoms with van der Waals surface area (Å²) in [7, 11) is 0.168. The lowest BCUT2D eigenvalue weighted by Crippen LogP contribution is -2.57. The van der Waals surface area contributed by atoms with Crippen molar-refractivity contribution in [3.63, 3.8) is 0 Å². The highest BCUT2D eigenvalue weighted by atomic mass is 28.4. The summed E-state index contributed by atoms with van der Waals surface area (Å²) in [6.07, 6.45) is 6.97. The van der Waals surface area contributed by atoms with Gasteiger partial charge in [-0.2, -0.15) is 5.26 Å². The van der Waals surface area contributed by atoms with Gasteiger partial charge < -0.3 is 46.6 Å². The molecule has 11 nitrogen and oxygen atoms in total. The molecule has 0 radical (unpaired) electrons. The van der Waals surface area contributed by atoms with E-state index in [1.807, 2.05) is 36.4 Å². The topological polar surface area (TPSA) is 110 Å². The molecule has 1 fully saturated rings. The fourth-order valence-electron chi connectivity index (χ4n) is 12.1. The number of hydrogen-bond donors (Lipinski definition) is 0. The molecule has 1 aliphatic carbocycles. The third kappa shape index (κ3) is 12.1. The summed E-state index contributed by atoms with van der Waals surface area (Å²) in [6.45, 7) is 31.1. The number of nitrogens with zero attached hydrogens (tertiary/aromatic N) is 2. The van der Waals surface area contributed by atoms with E-state index < -0.39 is 36.8 Å². The van der Waals surface area contributed by atoms with Crippen LogP contribution in [0.25, 0.3) is 39.1 Å². The Morgan fingerprint density at radius 1 is 0.662 bits per heavy atom. The maximum atomic E-state index is 9.59. The highest BCUT2D eigenvalue weighted by Crippen LogP contribution is 2.62. The van der Waals surface area contributed by atoms with E-state index in [2.05, 4.69) is 180 Å². The Bertz CT molecular complexity index is 3200. The largest absolute Gasteiger partial charge is 0.502 e. The zero-order valence-corrected chi connectivity index (χ0v) is 51.1. The summed E-state index contributed by atoms with van der Waals surface area (Å²) in [5.74, 6) is 2.78. The predicted octanol–water partition coefficient (Wildman–Crippen LogP) is 15.6. The van der Waals surface area contributed by atoms with Gasteiger partial charge in [0.2, 0.25) is 0 Å². The summed E-state index contributed by atoms with van der Waals surface area (Å²) < 4.78 is 59.0. The summed E-state index contributed by atoms with van der Waals surface area (Å²) in [5.41, 5.74) is 8.58. The van der Waals surface area contributed by atoms with Gasteiger partial charge in [-0.05, 0) is 195 Å². The highest BCUT2D eigenvalue weighted by Gasteiger charge is 2.51. The van der Waals surface area contributed by atoms with E-state index in [9.17, 15) is 5.26 Å². The minimum absolute atomic E-state index is 0.349. The van der Waals surface area contributed by atoms with Crippen LogP contribution in [-0.4, -0.2) is 84.9 Å². The number of ether oxygens (including phenoxy) is 6. The van der Waals surface area contributed by atoms with E-state index in [0.717, 1.165) is 81.7 Å². The molecule has 0 aromatic heterocycles. The van der Waals surface area contributed by atoms with Crippen molar-refractivity contribution < 1.29 is 41.7 Å². The molecule has 1 unspecified atom stereocenters. The third-order valence-electron chi connectivity index (χ3n) is 15.6. The summed E-state index contributed by atoms with van der Waals surface area (Å²) in [5, 5.41) is 11.6. The normalized spacial score (nSPS) is 17.1. The SMILES string of the molecule is CCC1(CC)c2cc(-c3ccc(C#N)cc3)ccc2-c2c1c1c(c3cc(OC)c(OC)cc23)OC(c2ccc(OCCOC(C)(C)CC[Si](OC(C)(C)C)(OC(C)(C)C)OC(C)(C)C)cc2)(c2ccc(N3CCOCC3)cc2)C=C1. The molecule has 1 atom stereocenters. The van der Waals surface area contributed by atoms with Gasteiger partial charge >= 0.3 is 8.80 Å². The lowest BCUT2D eigenvalue weighted by Gasteiger charge is -2.44. The first-order valence-electron chi connectivity index (χ1n) is 28.6. The van der Waals surface area contributed by atoms with Crippen molar-refractivity contribution in [2.24, 2.45) is 0 Å². The van der Waals surface area contributed by atoms with Crippen LogP contribution in [0.1, 0.15) is 143 Å². The number of methoxy groups -OCH3 is 2. The molecule has 0 N–H and O–H groups in total. The molecule has 3 aliphatic rings. The van der Waals surface area contributed by atoms with Gasteiger partial charge in [-0.25, -0.2) is 0 Å². The number of anilines is 1. The van der Waals surface area contributed by atoms with Crippen molar-refractivity contribution in [2.75, 3.05) is 58.6 Å². The van der Waals surface area contributed by atoms with E-state index in [-0.39, 0.29) is 5.41 Å². The zero-order valence-electron chi connectivity index (χ0n) is 50.1. The zero-order chi connectivity index (χ0) is 57.5. The number of rotatable bonds is 19. The quantitative estimate of drug-likeness (QED) is 0.0571.